The number of aliphatic hydroxyl groups excluding tert-OH is 1. The van der Waals surface area contributed by atoms with Crippen LogP contribution in [0.25, 0.3) is 0 Å². The molecule has 0 spiro atoms. The monoisotopic (exact) mass is 374 g/mol. The van der Waals surface area contributed by atoms with Gasteiger partial charge in [0.2, 0.25) is 0 Å². The molecule has 1 unspecified atom stereocenters. The molecule has 19 heavy (non-hydrogen) atoms. The Morgan fingerprint density at radius 2 is 2.00 bits per heavy atom. The maximum absolute atomic E-state index is 9.03. The lowest BCUT2D eigenvalue weighted by atomic mass is 10.0. The second kappa shape index (κ2) is 15.3. The van der Waals surface area contributed by atoms with Crippen LogP contribution in [0.3, 0.4) is 0 Å². The van der Waals surface area contributed by atoms with Crippen molar-refractivity contribution >= 4 is 22.6 Å². The molecule has 0 bridgehead atoms. The van der Waals surface area contributed by atoms with E-state index in [2.05, 4.69) is 51.7 Å². The van der Waals surface area contributed by atoms with Gasteiger partial charge in [0.05, 0.1) is 3.58 Å². The number of halogens is 1. The van der Waals surface area contributed by atoms with Crippen LogP contribution in [0.15, 0.2) is 58.5 Å². The second-order valence-electron chi connectivity index (χ2n) is 4.17. The molecule has 0 saturated heterocycles. The lowest BCUT2D eigenvalue weighted by molar-refractivity contribution is 0.432. The molecule has 1 aliphatic carbocycles. The summed E-state index contributed by atoms with van der Waals surface area (Å²) in [5.74, 6) is 1.04. The zero-order chi connectivity index (χ0) is 15.1. The fourth-order valence-electron chi connectivity index (χ4n) is 1.05. The third-order valence-electron chi connectivity index (χ3n) is 1.94. The van der Waals surface area contributed by atoms with E-state index in [4.69, 9.17) is 5.11 Å². The van der Waals surface area contributed by atoms with Crippen LogP contribution < -0.4 is 0 Å². The van der Waals surface area contributed by atoms with Crippen LogP contribution in [0, 0.1) is 5.92 Å². The van der Waals surface area contributed by atoms with E-state index in [-0.39, 0.29) is 5.76 Å². The topological polar surface area (TPSA) is 20.2 Å². The first-order valence-electron chi connectivity index (χ1n) is 6.70. The Bertz CT molecular complexity index is 335. The van der Waals surface area contributed by atoms with Crippen LogP contribution in [-0.4, -0.2) is 5.11 Å². The van der Waals surface area contributed by atoms with Crippen LogP contribution >= 0.6 is 22.6 Å². The van der Waals surface area contributed by atoms with Crippen molar-refractivity contribution in [2.75, 3.05) is 0 Å². The van der Waals surface area contributed by atoms with E-state index in [0.29, 0.717) is 0 Å². The molecule has 1 aliphatic rings. The van der Waals surface area contributed by atoms with Gasteiger partial charge in [-0.15, -0.1) is 0 Å². The number of allylic oxidation sites excluding steroid dienone is 8. The molecule has 1 nitrogen and oxygen atoms in total. The molecule has 1 atom stereocenters. The van der Waals surface area contributed by atoms with Gasteiger partial charge in [0, 0.05) is 0 Å². The first kappa shape index (κ1) is 20.5. The van der Waals surface area contributed by atoms with Crippen molar-refractivity contribution in [3.05, 3.63) is 58.5 Å². The first-order chi connectivity index (χ1) is 9.03. The quantitative estimate of drug-likeness (QED) is 0.332. The normalized spacial score (nSPS) is 17.8. The third kappa shape index (κ3) is 15.2. The number of hydrogen-bond donors (Lipinski definition) is 1. The van der Waals surface area contributed by atoms with Gasteiger partial charge in [-0.1, -0.05) is 70.2 Å². The summed E-state index contributed by atoms with van der Waals surface area (Å²) < 4.78 is 0.769. The standard InChI is InChI=1S/C7H9IO.C7H10.C3H8/c1-3-5-7(9)6(8)4-2;1-7-5-3-2-4-6-7;1-3-2/h3-5,9H,2H2,1H3;2-5,7H,6H2,1H3;3H2,1-2H3/b5-3-,7-6-;;. The smallest absolute Gasteiger partial charge is 0.128 e. The van der Waals surface area contributed by atoms with Gasteiger partial charge >= 0.3 is 0 Å². The fraction of sp³-hybridized carbons (Fsp3) is 0.412. The van der Waals surface area contributed by atoms with Crippen LogP contribution in [0.5, 0.6) is 0 Å². The van der Waals surface area contributed by atoms with E-state index in [0.717, 1.165) is 9.50 Å². The highest BCUT2D eigenvalue weighted by Gasteiger charge is 1.93. The van der Waals surface area contributed by atoms with Gasteiger partial charge in [0.1, 0.15) is 5.76 Å². The van der Waals surface area contributed by atoms with Crippen molar-refractivity contribution in [1.82, 2.24) is 0 Å². The minimum Gasteiger partial charge on any atom is -0.507 e. The van der Waals surface area contributed by atoms with E-state index >= 15 is 0 Å². The van der Waals surface area contributed by atoms with Crippen molar-refractivity contribution in [2.24, 2.45) is 5.92 Å². The van der Waals surface area contributed by atoms with Gasteiger partial charge in [-0.2, -0.15) is 0 Å². The molecule has 1 N–H and O–H groups in total. The molecule has 0 aliphatic heterocycles. The van der Waals surface area contributed by atoms with Crippen molar-refractivity contribution in [3.8, 4) is 0 Å². The summed E-state index contributed by atoms with van der Waals surface area (Å²) in [4.78, 5) is 0. The van der Waals surface area contributed by atoms with Crippen LogP contribution in [0.2, 0.25) is 0 Å². The summed E-state index contributed by atoms with van der Waals surface area (Å²) in [6, 6.07) is 0. The highest BCUT2D eigenvalue weighted by atomic mass is 127. The molecular formula is C17H27IO. The Morgan fingerprint density at radius 3 is 2.26 bits per heavy atom. The summed E-state index contributed by atoms with van der Waals surface area (Å²) in [6.45, 7) is 11.8. The third-order valence-corrected chi connectivity index (χ3v) is 2.94. The molecule has 0 radical (unpaired) electrons. The second-order valence-corrected chi connectivity index (χ2v) is 5.33. The lowest BCUT2D eigenvalue weighted by Crippen LogP contribution is -1.87. The molecule has 0 aromatic carbocycles. The van der Waals surface area contributed by atoms with Gasteiger partial charge < -0.3 is 5.11 Å². The van der Waals surface area contributed by atoms with Crippen LogP contribution in [0.4, 0.5) is 0 Å². The molecule has 0 saturated carbocycles. The number of rotatable bonds is 2. The number of aliphatic hydroxyl groups is 1. The van der Waals surface area contributed by atoms with E-state index in [9.17, 15) is 0 Å². The zero-order valence-corrected chi connectivity index (χ0v) is 14.7. The molecule has 2 heteroatoms. The highest BCUT2D eigenvalue weighted by Crippen LogP contribution is 2.11. The van der Waals surface area contributed by atoms with Crippen LogP contribution in [-0.2, 0) is 0 Å². The Morgan fingerprint density at radius 1 is 1.42 bits per heavy atom. The molecule has 0 heterocycles. The molecule has 0 amide bonds. The summed E-state index contributed by atoms with van der Waals surface area (Å²) in [5, 5.41) is 9.03. The zero-order valence-electron chi connectivity index (χ0n) is 12.6. The van der Waals surface area contributed by atoms with Crippen LogP contribution in [0.1, 0.15) is 40.5 Å². The molecule has 1 rings (SSSR count). The summed E-state index contributed by atoms with van der Waals surface area (Å²) in [7, 11) is 0. The molecule has 0 fully saturated rings. The Hall–Kier alpha value is -0.770. The predicted octanol–water partition coefficient (Wildman–Crippen LogP) is 6.51. The Kier molecular flexibility index (Phi) is 16.5. The highest BCUT2D eigenvalue weighted by molar-refractivity contribution is 14.1. The summed E-state index contributed by atoms with van der Waals surface area (Å²) in [6.07, 6.45) is 16.1. The average Bonchev–Trinajstić information content (AvgIpc) is 2.40. The maximum Gasteiger partial charge on any atom is 0.128 e. The van der Waals surface area contributed by atoms with E-state index in [1.54, 1.807) is 18.2 Å². The number of hydrogen-bond acceptors (Lipinski definition) is 1. The minimum absolute atomic E-state index is 0.271. The largest absolute Gasteiger partial charge is 0.507 e. The lowest BCUT2D eigenvalue weighted by Gasteiger charge is -2.02. The van der Waals surface area contributed by atoms with Gasteiger partial charge in [-0.05, 0) is 47.9 Å². The first-order valence-corrected chi connectivity index (χ1v) is 7.78. The maximum atomic E-state index is 9.03. The summed E-state index contributed by atoms with van der Waals surface area (Å²) >= 11 is 2.02. The Balaban J connectivity index is 0. The molecule has 0 aromatic heterocycles. The van der Waals surface area contributed by atoms with Crippen molar-refractivity contribution in [1.29, 1.82) is 0 Å². The minimum atomic E-state index is 0.271. The molecule has 0 aromatic rings. The van der Waals surface area contributed by atoms with Gasteiger partial charge in [-0.25, -0.2) is 0 Å². The fourth-order valence-corrected chi connectivity index (χ4v) is 1.23. The average molecular weight is 374 g/mol. The van der Waals surface area contributed by atoms with Crippen molar-refractivity contribution < 1.29 is 5.11 Å². The summed E-state index contributed by atoms with van der Waals surface area (Å²) in [5.41, 5.74) is 0. The SMILES string of the molecule is C=C/C(I)=C(O)\C=C/C.CC1C=CC=CC1.CCC. The van der Waals surface area contributed by atoms with Gasteiger partial charge in [-0.3, -0.25) is 0 Å². The van der Waals surface area contributed by atoms with Gasteiger partial charge in [0.15, 0.2) is 0 Å². The molecule has 108 valence electrons. The van der Waals surface area contributed by atoms with E-state index in [1.807, 2.05) is 29.5 Å². The van der Waals surface area contributed by atoms with Crippen molar-refractivity contribution in [3.63, 3.8) is 0 Å². The van der Waals surface area contributed by atoms with E-state index in [1.165, 1.54) is 12.8 Å². The van der Waals surface area contributed by atoms with Crippen molar-refractivity contribution in [2.45, 2.75) is 40.5 Å². The van der Waals surface area contributed by atoms with Gasteiger partial charge in [0.25, 0.3) is 0 Å². The predicted molar refractivity (Wildman–Crippen MR) is 96.7 cm³/mol. The molecular weight excluding hydrogens is 347 g/mol. The van der Waals surface area contributed by atoms with E-state index < -0.39 is 0 Å². The Labute approximate surface area is 132 Å².